The Morgan fingerprint density at radius 1 is 1.56 bits per heavy atom. The highest BCUT2D eigenvalue weighted by molar-refractivity contribution is 5.25. The minimum atomic E-state index is 0.518. The summed E-state index contributed by atoms with van der Waals surface area (Å²) in [5.41, 5.74) is 1.72. The van der Waals surface area contributed by atoms with Gasteiger partial charge in [-0.25, -0.2) is 4.98 Å². The minimum absolute atomic E-state index is 0.518. The second-order valence-electron chi connectivity index (χ2n) is 4.36. The zero-order chi connectivity index (χ0) is 11.4. The monoisotopic (exact) mass is 215 g/mol. The second kappa shape index (κ2) is 5.09. The molecule has 1 saturated carbocycles. The summed E-state index contributed by atoms with van der Waals surface area (Å²) >= 11 is 0. The van der Waals surface area contributed by atoms with Crippen LogP contribution in [-0.2, 0) is 6.54 Å². The van der Waals surface area contributed by atoms with Gasteiger partial charge in [0.25, 0.3) is 0 Å². The van der Waals surface area contributed by atoms with Crippen LogP contribution < -0.4 is 0 Å². The van der Waals surface area contributed by atoms with Crippen LogP contribution in [0.2, 0.25) is 0 Å². The van der Waals surface area contributed by atoms with Gasteiger partial charge in [-0.1, -0.05) is 6.92 Å². The highest BCUT2D eigenvalue weighted by atomic mass is 15.2. The third-order valence-corrected chi connectivity index (χ3v) is 2.90. The molecular weight excluding hydrogens is 198 g/mol. The molecule has 1 aromatic rings. The Morgan fingerprint density at radius 3 is 3.00 bits per heavy atom. The van der Waals surface area contributed by atoms with E-state index in [0.717, 1.165) is 19.1 Å². The SMILES string of the molecule is CCCN(Cc1ccnc(C#N)c1)C1CC1. The molecule has 1 heterocycles. The average Bonchev–Trinajstić information content (AvgIpc) is 3.13. The lowest BCUT2D eigenvalue weighted by atomic mass is 10.2. The molecule has 0 atom stereocenters. The van der Waals surface area contributed by atoms with Crippen molar-refractivity contribution in [2.24, 2.45) is 0 Å². The smallest absolute Gasteiger partial charge is 0.140 e. The van der Waals surface area contributed by atoms with E-state index in [1.807, 2.05) is 12.1 Å². The van der Waals surface area contributed by atoms with Crippen LogP contribution in [0.1, 0.15) is 37.4 Å². The molecule has 1 aromatic heterocycles. The summed E-state index contributed by atoms with van der Waals surface area (Å²) in [5.74, 6) is 0. The average molecular weight is 215 g/mol. The Bertz CT molecular complexity index is 390. The fraction of sp³-hybridized carbons (Fsp3) is 0.538. The molecule has 1 fully saturated rings. The van der Waals surface area contributed by atoms with Crippen molar-refractivity contribution in [3.63, 3.8) is 0 Å². The van der Waals surface area contributed by atoms with Gasteiger partial charge < -0.3 is 0 Å². The Kier molecular flexibility index (Phi) is 3.53. The van der Waals surface area contributed by atoms with Crippen LogP contribution in [0.5, 0.6) is 0 Å². The predicted octanol–water partition coefficient (Wildman–Crippen LogP) is 2.33. The number of aromatic nitrogens is 1. The van der Waals surface area contributed by atoms with Crippen LogP contribution in [0.15, 0.2) is 18.3 Å². The maximum atomic E-state index is 8.79. The molecular formula is C13H17N3. The van der Waals surface area contributed by atoms with Gasteiger partial charge in [0, 0.05) is 18.8 Å². The van der Waals surface area contributed by atoms with Gasteiger partial charge in [0.15, 0.2) is 0 Å². The minimum Gasteiger partial charge on any atom is -0.296 e. The molecule has 3 nitrogen and oxygen atoms in total. The van der Waals surface area contributed by atoms with Crippen molar-refractivity contribution >= 4 is 0 Å². The van der Waals surface area contributed by atoms with Crippen LogP contribution in [0, 0.1) is 11.3 Å². The fourth-order valence-corrected chi connectivity index (χ4v) is 1.99. The van der Waals surface area contributed by atoms with Gasteiger partial charge in [-0.2, -0.15) is 5.26 Å². The van der Waals surface area contributed by atoms with Gasteiger partial charge in [-0.05, 0) is 43.5 Å². The molecule has 2 rings (SSSR count). The molecule has 16 heavy (non-hydrogen) atoms. The zero-order valence-electron chi connectivity index (χ0n) is 9.69. The number of nitrogens with zero attached hydrogens (tertiary/aromatic N) is 3. The van der Waals surface area contributed by atoms with E-state index in [-0.39, 0.29) is 0 Å². The van der Waals surface area contributed by atoms with Crippen molar-refractivity contribution in [1.29, 1.82) is 5.26 Å². The molecule has 0 N–H and O–H groups in total. The summed E-state index contributed by atoms with van der Waals surface area (Å²) in [6.07, 6.45) is 5.57. The Morgan fingerprint density at radius 2 is 2.38 bits per heavy atom. The van der Waals surface area contributed by atoms with Gasteiger partial charge in [0.05, 0.1) is 0 Å². The highest BCUT2D eigenvalue weighted by Crippen LogP contribution is 2.28. The summed E-state index contributed by atoms with van der Waals surface area (Å²) in [7, 11) is 0. The Hall–Kier alpha value is -1.40. The Balaban J connectivity index is 2.03. The van der Waals surface area contributed by atoms with E-state index in [0.29, 0.717) is 5.69 Å². The first-order valence-corrected chi connectivity index (χ1v) is 5.92. The first-order valence-electron chi connectivity index (χ1n) is 5.92. The number of pyridine rings is 1. The molecule has 0 aromatic carbocycles. The molecule has 84 valence electrons. The Labute approximate surface area is 96.7 Å². The van der Waals surface area contributed by atoms with E-state index >= 15 is 0 Å². The number of hydrogen-bond donors (Lipinski definition) is 0. The second-order valence-corrected chi connectivity index (χ2v) is 4.36. The fourth-order valence-electron chi connectivity index (χ4n) is 1.99. The molecule has 0 amide bonds. The van der Waals surface area contributed by atoms with Crippen LogP contribution >= 0.6 is 0 Å². The summed E-state index contributed by atoms with van der Waals surface area (Å²) in [4.78, 5) is 6.50. The number of hydrogen-bond acceptors (Lipinski definition) is 3. The summed E-state index contributed by atoms with van der Waals surface area (Å²) in [6, 6.07) is 6.76. The first-order chi connectivity index (χ1) is 7.83. The van der Waals surface area contributed by atoms with Gasteiger partial charge in [-0.3, -0.25) is 4.90 Å². The molecule has 0 bridgehead atoms. The van der Waals surface area contributed by atoms with Crippen molar-refractivity contribution in [3.05, 3.63) is 29.6 Å². The molecule has 3 heteroatoms. The van der Waals surface area contributed by atoms with Gasteiger partial charge in [-0.15, -0.1) is 0 Å². The van der Waals surface area contributed by atoms with E-state index in [9.17, 15) is 0 Å². The number of nitriles is 1. The standard InChI is InChI=1S/C13H17N3/c1-2-7-16(13-3-4-13)10-11-5-6-15-12(8-11)9-14/h5-6,8,13H,2-4,7,10H2,1H3. The van der Waals surface area contributed by atoms with Crippen LogP contribution in [0.25, 0.3) is 0 Å². The third-order valence-electron chi connectivity index (χ3n) is 2.90. The summed E-state index contributed by atoms with van der Waals surface area (Å²) in [5, 5.41) is 8.79. The van der Waals surface area contributed by atoms with Crippen molar-refractivity contribution < 1.29 is 0 Å². The normalized spacial score (nSPS) is 15.1. The molecule has 0 radical (unpaired) electrons. The van der Waals surface area contributed by atoms with Crippen molar-refractivity contribution in [2.45, 2.75) is 38.8 Å². The van der Waals surface area contributed by atoms with E-state index < -0.39 is 0 Å². The third kappa shape index (κ3) is 2.80. The highest BCUT2D eigenvalue weighted by Gasteiger charge is 2.28. The number of rotatable bonds is 5. The largest absolute Gasteiger partial charge is 0.296 e. The molecule has 0 aliphatic heterocycles. The summed E-state index contributed by atoms with van der Waals surface area (Å²) < 4.78 is 0. The van der Waals surface area contributed by atoms with Gasteiger partial charge in [0.1, 0.15) is 11.8 Å². The van der Waals surface area contributed by atoms with Crippen molar-refractivity contribution in [2.75, 3.05) is 6.54 Å². The van der Waals surface area contributed by atoms with Gasteiger partial charge in [0.2, 0.25) is 0 Å². The molecule has 0 spiro atoms. The molecule has 1 aliphatic carbocycles. The quantitative estimate of drug-likeness (QED) is 0.756. The van der Waals surface area contributed by atoms with Crippen LogP contribution in [0.3, 0.4) is 0 Å². The lowest BCUT2D eigenvalue weighted by molar-refractivity contribution is 0.255. The van der Waals surface area contributed by atoms with E-state index in [2.05, 4.69) is 22.9 Å². The van der Waals surface area contributed by atoms with E-state index in [1.165, 1.54) is 24.8 Å². The molecule has 0 unspecified atom stereocenters. The maximum absolute atomic E-state index is 8.79. The van der Waals surface area contributed by atoms with E-state index in [1.54, 1.807) is 6.20 Å². The van der Waals surface area contributed by atoms with Crippen molar-refractivity contribution in [1.82, 2.24) is 9.88 Å². The topological polar surface area (TPSA) is 39.9 Å². The predicted molar refractivity (Wildman–Crippen MR) is 62.7 cm³/mol. The lowest BCUT2D eigenvalue weighted by Crippen LogP contribution is -2.26. The maximum Gasteiger partial charge on any atom is 0.140 e. The van der Waals surface area contributed by atoms with Crippen LogP contribution in [0.4, 0.5) is 0 Å². The zero-order valence-corrected chi connectivity index (χ0v) is 9.69. The molecule has 0 saturated heterocycles. The molecule has 1 aliphatic rings. The van der Waals surface area contributed by atoms with E-state index in [4.69, 9.17) is 5.26 Å². The summed E-state index contributed by atoms with van der Waals surface area (Å²) in [6.45, 7) is 4.31. The first kappa shape index (κ1) is 11.1. The van der Waals surface area contributed by atoms with Crippen molar-refractivity contribution in [3.8, 4) is 6.07 Å². The van der Waals surface area contributed by atoms with Crippen LogP contribution in [-0.4, -0.2) is 22.5 Å². The van der Waals surface area contributed by atoms with Gasteiger partial charge >= 0.3 is 0 Å². The lowest BCUT2D eigenvalue weighted by Gasteiger charge is -2.21.